The van der Waals surface area contributed by atoms with Crippen LogP contribution in [0.5, 0.6) is 0 Å². The van der Waals surface area contributed by atoms with Crippen LogP contribution in [0.25, 0.3) is 11.3 Å². The van der Waals surface area contributed by atoms with Gasteiger partial charge in [0.25, 0.3) is 5.91 Å². The van der Waals surface area contributed by atoms with E-state index in [2.05, 4.69) is 31.0 Å². The second kappa shape index (κ2) is 6.24. The summed E-state index contributed by atoms with van der Waals surface area (Å²) < 4.78 is 0. The van der Waals surface area contributed by atoms with Gasteiger partial charge in [-0.1, -0.05) is 38.1 Å². The van der Waals surface area contributed by atoms with Gasteiger partial charge >= 0.3 is 0 Å². The molecule has 0 fully saturated rings. The lowest BCUT2D eigenvalue weighted by Gasteiger charge is -2.27. The highest BCUT2D eigenvalue weighted by Crippen LogP contribution is 2.23. The van der Waals surface area contributed by atoms with Gasteiger partial charge < -0.3 is 10.6 Å². The van der Waals surface area contributed by atoms with Crippen LogP contribution in [0, 0.1) is 5.92 Å². The molecule has 1 aliphatic rings. The van der Waals surface area contributed by atoms with Gasteiger partial charge in [0.05, 0.1) is 23.6 Å². The quantitative estimate of drug-likeness (QED) is 0.884. The predicted octanol–water partition coefficient (Wildman–Crippen LogP) is 3.37. The Morgan fingerprint density at radius 1 is 1.30 bits per heavy atom. The number of aromatic nitrogens is 1. The molecule has 1 aliphatic heterocycles. The van der Waals surface area contributed by atoms with Gasteiger partial charge in [-0.3, -0.25) is 9.78 Å². The molecule has 118 valence electrons. The number of nitrogens with two attached hydrogens (primary N) is 1. The fourth-order valence-electron chi connectivity index (χ4n) is 2.89. The summed E-state index contributed by atoms with van der Waals surface area (Å²) in [6, 6.07) is 11.5. The zero-order valence-electron chi connectivity index (χ0n) is 13.4. The summed E-state index contributed by atoms with van der Waals surface area (Å²) in [6.45, 7) is 4.94. The lowest BCUT2D eigenvalue weighted by atomic mass is 10.0. The van der Waals surface area contributed by atoms with Gasteiger partial charge in [-0.05, 0) is 30.2 Å². The van der Waals surface area contributed by atoms with E-state index in [1.165, 1.54) is 0 Å². The molecule has 23 heavy (non-hydrogen) atoms. The molecule has 1 aromatic heterocycles. The van der Waals surface area contributed by atoms with Crippen LogP contribution >= 0.6 is 0 Å². The summed E-state index contributed by atoms with van der Waals surface area (Å²) in [5.74, 6) is 0.464. The van der Waals surface area contributed by atoms with Crippen molar-refractivity contribution in [3.63, 3.8) is 0 Å². The molecule has 0 saturated carbocycles. The number of amides is 1. The van der Waals surface area contributed by atoms with Crippen LogP contribution < -0.4 is 5.73 Å². The van der Waals surface area contributed by atoms with Crippen molar-refractivity contribution in [1.82, 2.24) is 9.88 Å². The molecule has 2 N–H and O–H groups in total. The fourth-order valence-corrected chi connectivity index (χ4v) is 2.89. The number of anilines is 1. The first-order chi connectivity index (χ1) is 11.1. The number of rotatable bonds is 3. The van der Waals surface area contributed by atoms with E-state index in [1.807, 2.05) is 41.3 Å². The Labute approximate surface area is 136 Å². The van der Waals surface area contributed by atoms with Gasteiger partial charge in [0.1, 0.15) is 0 Å². The Bertz CT molecular complexity index is 735. The summed E-state index contributed by atoms with van der Waals surface area (Å²) >= 11 is 0. The number of benzene rings is 1. The number of nitrogens with zero attached hydrogens (tertiary/aromatic N) is 2. The Balaban J connectivity index is 1.88. The highest BCUT2D eigenvalue weighted by atomic mass is 16.2. The van der Waals surface area contributed by atoms with Crippen molar-refractivity contribution in [2.45, 2.75) is 19.9 Å². The molecule has 0 aliphatic carbocycles. The highest BCUT2D eigenvalue weighted by Gasteiger charge is 2.27. The average molecular weight is 307 g/mol. The number of hydrogen-bond acceptors (Lipinski definition) is 3. The second-order valence-electron chi connectivity index (χ2n) is 6.18. The minimum Gasteiger partial charge on any atom is -0.397 e. The number of pyridine rings is 1. The van der Waals surface area contributed by atoms with Gasteiger partial charge in [-0.25, -0.2) is 0 Å². The van der Waals surface area contributed by atoms with Crippen molar-refractivity contribution in [1.29, 1.82) is 0 Å². The van der Waals surface area contributed by atoms with Gasteiger partial charge in [-0.15, -0.1) is 0 Å². The second-order valence-corrected chi connectivity index (χ2v) is 6.18. The Morgan fingerprint density at radius 3 is 2.83 bits per heavy atom. The topological polar surface area (TPSA) is 59.2 Å². The molecule has 2 aromatic rings. The Hall–Kier alpha value is -2.62. The summed E-state index contributed by atoms with van der Waals surface area (Å²) in [5.41, 5.74) is 8.73. The zero-order chi connectivity index (χ0) is 16.4. The normalized spacial score (nSPS) is 17.0. The van der Waals surface area contributed by atoms with Crippen molar-refractivity contribution in [2.24, 2.45) is 5.92 Å². The first kappa shape index (κ1) is 15.3. The van der Waals surface area contributed by atoms with Crippen LogP contribution in [0.1, 0.15) is 24.2 Å². The summed E-state index contributed by atoms with van der Waals surface area (Å²) in [4.78, 5) is 19.1. The van der Waals surface area contributed by atoms with Crippen molar-refractivity contribution in [3.05, 3.63) is 60.3 Å². The summed E-state index contributed by atoms with van der Waals surface area (Å²) in [7, 11) is 0. The van der Waals surface area contributed by atoms with E-state index in [4.69, 9.17) is 5.73 Å². The third-order valence-corrected chi connectivity index (χ3v) is 4.13. The molecule has 1 amide bonds. The Kier molecular flexibility index (Phi) is 4.15. The molecule has 0 unspecified atom stereocenters. The van der Waals surface area contributed by atoms with E-state index in [0.717, 1.165) is 11.3 Å². The maximum atomic E-state index is 12.8. The van der Waals surface area contributed by atoms with Crippen LogP contribution in [0.2, 0.25) is 0 Å². The van der Waals surface area contributed by atoms with E-state index in [9.17, 15) is 4.79 Å². The highest BCUT2D eigenvalue weighted by molar-refractivity contribution is 5.96. The van der Waals surface area contributed by atoms with Crippen LogP contribution in [0.4, 0.5) is 5.69 Å². The van der Waals surface area contributed by atoms with Gasteiger partial charge in [0, 0.05) is 17.7 Å². The van der Waals surface area contributed by atoms with Gasteiger partial charge in [-0.2, -0.15) is 0 Å². The van der Waals surface area contributed by atoms with Crippen LogP contribution in [0.3, 0.4) is 0 Å². The molecule has 2 heterocycles. The van der Waals surface area contributed by atoms with Crippen LogP contribution in [0.15, 0.2) is 54.7 Å². The molecule has 0 bridgehead atoms. The Morgan fingerprint density at radius 2 is 2.13 bits per heavy atom. The van der Waals surface area contributed by atoms with Crippen molar-refractivity contribution >= 4 is 11.6 Å². The smallest absolute Gasteiger partial charge is 0.254 e. The molecular weight excluding hydrogens is 286 g/mol. The molecule has 4 nitrogen and oxygen atoms in total. The summed E-state index contributed by atoms with van der Waals surface area (Å²) in [6.07, 6.45) is 5.81. The maximum Gasteiger partial charge on any atom is 0.254 e. The average Bonchev–Trinajstić information content (AvgIpc) is 3.05. The third-order valence-electron chi connectivity index (χ3n) is 4.13. The van der Waals surface area contributed by atoms with Gasteiger partial charge in [0.15, 0.2) is 0 Å². The van der Waals surface area contributed by atoms with Crippen LogP contribution in [-0.2, 0) is 0 Å². The fraction of sp³-hybridized carbons (Fsp3) is 0.263. The molecule has 1 aromatic carbocycles. The van der Waals surface area contributed by atoms with Crippen molar-refractivity contribution < 1.29 is 4.79 Å². The standard InChI is InChI=1S/C19H21N3O/c1-13(2)18-7-4-10-22(18)19(23)15-6-3-5-14(11-15)17-9-8-16(20)12-21-17/h3-9,11-13,18H,10,20H2,1-2H3/t18-/m0/s1. The number of carbonyl (C=O) groups is 1. The third kappa shape index (κ3) is 3.11. The summed E-state index contributed by atoms with van der Waals surface area (Å²) in [5, 5.41) is 0. The largest absolute Gasteiger partial charge is 0.397 e. The zero-order valence-corrected chi connectivity index (χ0v) is 13.4. The molecule has 0 saturated heterocycles. The SMILES string of the molecule is CC(C)[C@@H]1C=CCN1C(=O)c1cccc(-c2ccc(N)cn2)c1. The molecule has 1 atom stereocenters. The minimum atomic E-state index is 0.0611. The van der Waals surface area contributed by atoms with Crippen molar-refractivity contribution in [3.8, 4) is 11.3 Å². The van der Waals surface area contributed by atoms with E-state index in [1.54, 1.807) is 6.20 Å². The molecule has 0 radical (unpaired) electrons. The monoisotopic (exact) mass is 307 g/mol. The van der Waals surface area contributed by atoms with E-state index < -0.39 is 0 Å². The van der Waals surface area contributed by atoms with E-state index in [0.29, 0.717) is 23.7 Å². The number of nitrogen functional groups attached to an aromatic ring is 1. The van der Waals surface area contributed by atoms with Crippen molar-refractivity contribution in [2.75, 3.05) is 12.3 Å². The molecule has 3 rings (SSSR count). The first-order valence-electron chi connectivity index (χ1n) is 7.86. The van der Waals surface area contributed by atoms with Gasteiger partial charge in [0.2, 0.25) is 0 Å². The van der Waals surface area contributed by atoms with Crippen LogP contribution in [-0.4, -0.2) is 28.4 Å². The number of hydrogen-bond donors (Lipinski definition) is 1. The maximum absolute atomic E-state index is 12.8. The first-order valence-corrected chi connectivity index (χ1v) is 7.86. The number of carbonyl (C=O) groups excluding carboxylic acids is 1. The molecular formula is C19H21N3O. The van der Waals surface area contributed by atoms with E-state index in [-0.39, 0.29) is 11.9 Å². The predicted molar refractivity (Wildman–Crippen MR) is 92.9 cm³/mol. The lowest BCUT2D eigenvalue weighted by Crippen LogP contribution is -2.39. The molecule has 0 spiro atoms. The lowest BCUT2D eigenvalue weighted by molar-refractivity contribution is 0.0720. The van der Waals surface area contributed by atoms with E-state index >= 15 is 0 Å². The molecule has 4 heteroatoms. The minimum absolute atomic E-state index is 0.0611.